The summed E-state index contributed by atoms with van der Waals surface area (Å²) >= 11 is 0. The number of nitrogens with zero attached hydrogens (tertiary/aromatic N) is 2. The molecule has 1 aromatic heterocycles. The van der Waals surface area contributed by atoms with Gasteiger partial charge in [0.25, 0.3) is 0 Å². The highest BCUT2D eigenvalue weighted by molar-refractivity contribution is 5.62. The second-order valence-electron chi connectivity index (χ2n) is 9.52. The fourth-order valence-electron chi connectivity index (χ4n) is 5.43. The van der Waals surface area contributed by atoms with E-state index in [-0.39, 0.29) is 35.6 Å². The van der Waals surface area contributed by atoms with Crippen LogP contribution in [-0.4, -0.2) is 21.4 Å². The number of fused-ring (bicyclic) bond motifs is 5. The third-order valence-electron chi connectivity index (χ3n) is 7.18. The van der Waals surface area contributed by atoms with Gasteiger partial charge in [-0.1, -0.05) is 0 Å². The first-order chi connectivity index (χ1) is 17.7. The average molecular weight is 538 g/mol. The van der Waals surface area contributed by atoms with Crippen LogP contribution in [0.3, 0.4) is 0 Å². The van der Waals surface area contributed by atoms with E-state index >= 15 is 0 Å². The van der Waals surface area contributed by atoms with Crippen LogP contribution in [0.5, 0.6) is 17.5 Å². The molecule has 2 bridgehead atoms. The number of nitriles is 1. The normalized spacial score (nSPS) is 22.4. The largest absolute Gasteiger partial charge is 0.494 e. The molecule has 1 saturated heterocycles. The minimum Gasteiger partial charge on any atom is -0.494 e. The van der Waals surface area contributed by atoms with Crippen LogP contribution in [0.2, 0.25) is 0 Å². The number of aromatic nitrogens is 1. The Hall–Kier alpha value is -3.85. The zero-order chi connectivity index (χ0) is 27.7. The molecule has 0 saturated carbocycles. The SMILES string of the molecule is CC12CCC(CCOc3ccc(C(F)(F)F)cc3)(O1)c1c2c(O)n(-c2ccc(C#N)c(C(F)(F)F)c2)c1O. The van der Waals surface area contributed by atoms with Gasteiger partial charge >= 0.3 is 12.4 Å². The lowest BCUT2D eigenvalue weighted by Gasteiger charge is -2.26. The van der Waals surface area contributed by atoms with Gasteiger partial charge < -0.3 is 19.7 Å². The molecule has 0 aliphatic carbocycles. The summed E-state index contributed by atoms with van der Waals surface area (Å²) in [7, 11) is 0. The first-order valence-electron chi connectivity index (χ1n) is 11.5. The van der Waals surface area contributed by atoms with Crippen molar-refractivity contribution in [1.82, 2.24) is 4.57 Å². The van der Waals surface area contributed by atoms with Crippen LogP contribution in [0.4, 0.5) is 26.3 Å². The van der Waals surface area contributed by atoms with Crippen molar-refractivity contribution in [3.8, 4) is 29.3 Å². The molecular weight excluding hydrogens is 518 g/mol. The number of alkyl halides is 6. The number of halogens is 6. The summed E-state index contributed by atoms with van der Waals surface area (Å²) in [4.78, 5) is 0. The molecule has 12 heteroatoms. The Morgan fingerprint density at radius 3 is 2.24 bits per heavy atom. The van der Waals surface area contributed by atoms with Gasteiger partial charge in [-0.25, -0.2) is 0 Å². The summed E-state index contributed by atoms with van der Waals surface area (Å²) < 4.78 is 91.7. The van der Waals surface area contributed by atoms with Crippen LogP contribution in [0.25, 0.3) is 5.69 Å². The number of ether oxygens (including phenoxy) is 2. The minimum absolute atomic E-state index is 0.0125. The van der Waals surface area contributed by atoms with E-state index in [2.05, 4.69) is 0 Å². The van der Waals surface area contributed by atoms with Gasteiger partial charge in [0.2, 0.25) is 11.8 Å². The van der Waals surface area contributed by atoms with Crippen molar-refractivity contribution >= 4 is 0 Å². The fourth-order valence-corrected chi connectivity index (χ4v) is 5.43. The molecule has 0 radical (unpaired) electrons. The zero-order valence-corrected chi connectivity index (χ0v) is 19.7. The summed E-state index contributed by atoms with van der Waals surface area (Å²) in [6.07, 6.45) is -8.33. The average Bonchev–Trinajstić information content (AvgIpc) is 3.42. The molecule has 1 fully saturated rings. The van der Waals surface area contributed by atoms with Gasteiger partial charge in [-0.15, -0.1) is 0 Å². The molecule has 2 unspecified atom stereocenters. The number of rotatable bonds is 5. The Bertz CT molecular complexity index is 1450. The van der Waals surface area contributed by atoms with Gasteiger partial charge in [0.1, 0.15) is 11.4 Å². The highest BCUT2D eigenvalue weighted by atomic mass is 19.4. The molecule has 38 heavy (non-hydrogen) atoms. The Balaban J connectivity index is 1.47. The highest BCUT2D eigenvalue weighted by Crippen LogP contribution is 2.65. The first kappa shape index (κ1) is 25.8. The topological polar surface area (TPSA) is 87.6 Å². The van der Waals surface area contributed by atoms with Gasteiger partial charge in [0, 0.05) is 6.42 Å². The van der Waals surface area contributed by atoms with E-state index in [9.17, 15) is 36.6 Å². The summed E-state index contributed by atoms with van der Waals surface area (Å²) in [5, 5.41) is 31.3. The summed E-state index contributed by atoms with van der Waals surface area (Å²) in [6.45, 7) is 1.68. The van der Waals surface area contributed by atoms with Crippen LogP contribution in [0.15, 0.2) is 42.5 Å². The van der Waals surface area contributed by atoms with Gasteiger partial charge in [0.15, 0.2) is 0 Å². The lowest BCUT2D eigenvalue weighted by atomic mass is 9.78. The molecule has 5 rings (SSSR count). The van der Waals surface area contributed by atoms with E-state index in [0.717, 1.165) is 22.8 Å². The predicted octanol–water partition coefficient (Wildman–Crippen LogP) is 6.50. The number of aromatic hydroxyl groups is 2. The molecule has 2 aliphatic heterocycles. The van der Waals surface area contributed by atoms with E-state index in [0.29, 0.717) is 18.9 Å². The van der Waals surface area contributed by atoms with Crippen LogP contribution < -0.4 is 4.74 Å². The maximum Gasteiger partial charge on any atom is 0.417 e. The Morgan fingerprint density at radius 1 is 0.974 bits per heavy atom. The number of benzene rings is 2. The number of hydrogen-bond acceptors (Lipinski definition) is 5. The van der Waals surface area contributed by atoms with Crippen LogP contribution in [-0.2, 0) is 28.3 Å². The van der Waals surface area contributed by atoms with Crippen LogP contribution in [0.1, 0.15) is 54.0 Å². The van der Waals surface area contributed by atoms with E-state index in [1.54, 1.807) is 6.92 Å². The monoisotopic (exact) mass is 538 g/mol. The fraction of sp³-hybridized carbons (Fsp3) is 0.346. The third-order valence-corrected chi connectivity index (χ3v) is 7.18. The van der Waals surface area contributed by atoms with Crippen molar-refractivity contribution in [1.29, 1.82) is 5.26 Å². The molecule has 2 aliphatic rings. The highest BCUT2D eigenvalue weighted by Gasteiger charge is 2.61. The summed E-state index contributed by atoms with van der Waals surface area (Å²) in [5.74, 6) is -0.799. The summed E-state index contributed by atoms with van der Waals surface area (Å²) in [6, 6.07) is 8.46. The number of hydrogen-bond donors (Lipinski definition) is 2. The molecule has 3 aromatic rings. The third kappa shape index (κ3) is 3.93. The van der Waals surface area contributed by atoms with Crippen molar-refractivity contribution in [3.63, 3.8) is 0 Å². The first-order valence-corrected chi connectivity index (χ1v) is 11.5. The van der Waals surface area contributed by atoms with E-state index in [1.807, 2.05) is 0 Å². The molecule has 0 spiro atoms. The van der Waals surface area contributed by atoms with Crippen molar-refractivity contribution < 1.29 is 46.0 Å². The predicted molar refractivity (Wildman–Crippen MR) is 120 cm³/mol. The van der Waals surface area contributed by atoms with Crippen molar-refractivity contribution in [2.24, 2.45) is 0 Å². The maximum atomic E-state index is 13.5. The minimum atomic E-state index is -4.84. The van der Waals surface area contributed by atoms with E-state index < -0.39 is 52.0 Å². The van der Waals surface area contributed by atoms with E-state index in [4.69, 9.17) is 14.7 Å². The molecule has 3 heterocycles. The van der Waals surface area contributed by atoms with Crippen molar-refractivity contribution in [2.75, 3.05) is 6.61 Å². The maximum absolute atomic E-state index is 13.5. The van der Waals surface area contributed by atoms with E-state index in [1.165, 1.54) is 24.3 Å². The molecule has 2 atom stereocenters. The van der Waals surface area contributed by atoms with Crippen molar-refractivity contribution in [3.05, 3.63) is 70.3 Å². The smallest absolute Gasteiger partial charge is 0.417 e. The van der Waals surface area contributed by atoms with Crippen LogP contribution >= 0.6 is 0 Å². The van der Waals surface area contributed by atoms with Gasteiger partial charge in [-0.3, -0.25) is 4.57 Å². The van der Waals surface area contributed by atoms with Gasteiger partial charge in [0.05, 0.1) is 51.8 Å². The summed E-state index contributed by atoms with van der Waals surface area (Å²) in [5.41, 5.74) is -4.54. The Kier molecular flexibility index (Phi) is 5.65. The van der Waals surface area contributed by atoms with Crippen molar-refractivity contribution in [2.45, 2.75) is 49.7 Å². The molecular formula is C26H20F6N2O4. The zero-order valence-electron chi connectivity index (χ0n) is 19.7. The molecule has 0 amide bonds. The quantitative estimate of drug-likeness (QED) is 0.362. The molecule has 200 valence electrons. The second-order valence-corrected chi connectivity index (χ2v) is 9.52. The Labute approximate surface area is 212 Å². The standard InChI is InChI=1S/C26H20F6N2O4/c1-23-8-9-24(38-23,10-11-37-17-6-3-15(4-7-17)25(27,28)29)20-19(23)21(35)34(22(20)36)16-5-2-14(13-33)18(12-16)26(30,31)32/h2-7,12,35-36H,8-11H2,1H3. The lowest BCUT2D eigenvalue weighted by Crippen LogP contribution is -2.25. The lowest BCUT2D eigenvalue weighted by molar-refractivity contribution is -0.138. The van der Waals surface area contributed by atoms with Gasteiger partial charge in [-0.2, -0.15) is 31.6 Å². The Morgan fingerprint density at radius 2 is 1.63 bits per heavy atom. The molecule has 2 aromatic carbocycles. The van der Waals surface area contributed by atoms with Gasteiger partial charge in [-0.05, 0) is 62.2 Å². The molecule has 2 N–H and O–H groups in total. The second kappa shape index (κ2) is 8.33. The molecule has 6 nitrogen and oxygen atoms in total. The van der Waals surface area contributed by atoms with Crippen LogP contribution in [0, 0.1) is 11.3 Å².